The molecule has 0 fully saturated rings. The van der Waals surface area contributed by atoms with Gasteiger partial charge in [-0.1, -0.05) is 6.92 Å². The first-order valence-electron chi connectivity index (χ1n) is 7.75. The van der Waals surface area contributed by atoms with Gasteiger partial charge in [-0.25, -0.2) is 22.8 Å². The van der Waals surface area contributed by atoms with E-state index >= 15 is 0 Å². The van der Waals surface area contributed by atoms with Gasteiger partial charge in [0.25, 0.3) is 0 Å². The van der Waals surface area contributed by atoms with Crippen LogP contribution in [0.3, 0.4) is 0 Å². The number of fused-ring (bicyclic) bond motifs is 1. The quantitative estimate of drug-likeness (QED) is 0.597. The third-order valence-electron chi connectivity index (χ3n) is 3.84. The summed E-state index contributed by atoms with van der Waals surface area (Å²) < 4.78 is 52.1. The van der Waals surface area contributed by atoms with Crippen LogP contribution in [0.2, 0.25) is 0 Å². The fraction of sp³-hybridized carbons (Fsp3) is 0.353. The lowest BCUT2D eigenvalue weighted by molar-refractivity contribution is -0.144. The Bertz CT molecular complexity index is 938. The van der Waals surface area contributed by atoms with Crippen LogP contribution in [0.4, 0.5) is 13.2 Å². The number of carbonyl (C=O) groups is 2. The Morgan fingerprint density at radius 2 is 1.85 bits per heavy atom. The van der Waals surface area contributed by atoms with Gasteiger partial charge in [0.2, 0.25) is 5.43 Å². The van der Waals surface area contributed by atoms with E-state index in [0.717, 1.165) is 17.9 Å². The number of ether oxygens (including phenoxy) is 2. The van der Waals surface area contributed by atoms with Gasteiger partial charge < -0.3 is 14.0 Å². The van der Waals surface area contributed by atoms with E-state index in [9.17, 15) is 27.6 Å². The van der Waals surface area contributed by atoms with Crippen molar-refractivity contribution in [2.24, 2.45) is 0 Å². The summed E-state index contributed by atoms with van der Waals surface area (Å²) in [6.07, 6.45) is 0.972. The summed E-state index contributed by atoms with van der Waals surface area (Å²) in [6, 6.07) is -0.685. The van der Waals surface area contributed by atoms with Crippen molar-refractivity contribution in [1.29, 1.82) is 0 Å². The smallest absolute Gasteiger partial charge is 0.343 e. The minimum Gasteiger partial charge on any atom is -0.467 e. The fourth-order valence-electron chi connectivity index (χ4n) is 2.63. The number of carbonyl (C=O) groups excluding carboxylic acids is 2. The Morgan fingerprint density at radius 3 is 2.38 bits per heavy atom. The summed E-state index contributed by atoms with van der Waals surface area (Å²) >= 11 is 0. The van der Waals surface area contributed by atoms with Gasteiger partial charge in [-0.3, -0.25) is 4.79 Å². The van der Waals surface area contributed by atoms with Crippen LogP contribution in [0.1, 0.15) is 36.7 Å². The molecule has 0 aliphatic carbocycles. The predicted molar refractivity (Wildman–Crippen MR) is 85.4 cm³/mol. The summed E-state index contributed by atoms with van der Waals surface area (Å²) in [5, 5.41) is -0.589. The number of esters is 2. The van der Waals surface area contributed by atoms with Gasteiger partial charge in [0, 0.05) is 6.20 Å². The van der Waals surface area contributed by atoms with Crippen molar-refractivity contribution in [3.63, 3.8) is 0 Å². The largest absolute Gasteiger partial charge is 0.467 e. The first kappa shape index (κ1) is 19.5. The lowest BCUT2D eigenvalue weighted by Crippen LogP contribution is -2.27. The van der Waals surface area contributed by atoms with Crippen LogP contribution in [0.25, 0.3) is 10.9 Å². The molecule has 9 heteroatoms. The summed E-state index contributed by atoms with van der Waals surface area (Å²) in [7, 11) is 1.10. The molecule has 6 nitrogen and oxygen atoms in total. The van der Waals surface area contributed by atoms with E-state index in [4.69, 9.17) is 4.74 Å². The zero-order valence-corrected chi connectivity index (χ0v) is 14.3. The van der Waals surface area contributed by atoms with Crippen LogP contribution in [0, 0.1) is 17.5 Å². The number of halogens is 3. The van der Waals surface area contributed by atoms with Crippen molar-refractivity contribution < 1.29 is 32.2 Å². The first-order chi connectivity index (χ1) is 12.3. The maximum atomic E-state index is 14.4. The lowest BCUT2D eigenvalue weighted by atomic mass is 10.1. The van der Waals surface area contributed by atoms with Crippen LogP contribution in [0.15, 0.2) is 17.1 Å². The fourth-order valence-corrected chi connectivity index (χ4v) is 2.63. The molecule has 0 N–H and O–H groups in total. The highest BCUT2D eigenvalue weighted by Gasteiger charge is 2.28. The van der Waals surface area contributed by atoms with Crippen molar-refractivity contribution in [1.82, 2.24) is 4.57 Å². The van der Waals surface area contributed by atoms with Crippen molar-refractivity contribution in [3.05, 3.63) is 45.5 Å². The third-order valence-corrected chi connectivity index (χ3v) is 3.84. The highest BCUT2D eigenvalue weighted by Crippen LogP contribution is 2.26. The van der Waals surface area contributed by atoms with E-state index in [2.05, 4.69) is 4.74 Å². The topological polar surface area (TPSA) is 74.6 Å². The molecule has 1 atom stereocenters. The predicted octanol–water partition coefficient (Wildman–Crippen LogP) is 2.72. The highest BCUT2D eigenvalue weighted by atomic mass is 19.2. The monoisotopic (exact) mass is 371 g/mol. The Hall–Kier alpha value is -2.84. The average Bonchev–Trinajstić information content (AvgIpc) is 2.62. The summed E-state index contributed by atoms with van der Waals surface area (Å²) in [6.45, 7) is 3.03. The molecule has 0 spiro atoms. The second kappa shape index (κ2) is 7.59. The van der Waals surface area contributed by atoms with Crippen molar-refractivity contribution in [2.45, 2.75) is 26.3 Å². The van der Waals surface area contributed by atoms with Crippen molar-refractivity contribution in [2.75, 3.05) is 13.7 Å². The van der Waals surface area contributed by atoms with Crippen LogP contribution < -0.4 is 5.43 Å². The zero-order chi connectivity index (χ0) is 19.6. The number of methoxy groups -OCH3 is 1. The number of hydrogen-bond acceptors (Lipinski definition) is 5. The Morgan fingerprint density at radius 1 is 1.19 bits per heavy atom. The zero-order valence-electron chi connectivity index (χ0n) is 14.3. The van der Waals surface area contributed by atoms with Gasteiger partial charge in [0.05, 0.1) is 24.6 Å². The molecule has 140 valence electrons. The molecule has 1 aromatic heterocycles. The standard InChI is InChI=1S/C17H16F3NO5/c1-4-11(17(24)25-3)21-7-9(16(23)26-5-2)15(22)8-6-10(18)12(19)13(20)14(8)21/h6-7,11H,4-5H2,1-3H3. The number of benzene rings is 1. The average molecular weight is 371 g/mol. The minimum absolute atomic E-state index is 0.0450. The molecule has 1 heterocycles. The van der Waals surface area contributed by atoms with E-state index in [1.54, 1.807) is 6.92 Å². The van der Waals surface area contributed by atoms with E-state index in [1.807, 2.05) is 0 Å². The summed E-state index contributed by atoms with van der Waals surface area (Å²) in [4.78, 5) is 36.5. The molecule has 0 saturated heterocycles. The molecule has 0 aliphatic rings. The van der Waals surface area contributed by atoms with Crippen LogP contribution >= 0.6 is 0 Å². The van der Waals surface area contributed by atoms with Crippen molar-refractivity contribution >= 4 is 22.8 Å². The van der Waals surface area contributed by atoms with Gasteiger partial charge in [-0.2, -0.15) is 0 Å². The van der Waals surface area contributed by atoms with E-state index < -0.39 is 57.3 Å². The van der Waals surface area contributed by atoms with Crippen LogP contribution in [0.5, 0.6) is 0 Å². The minimum atomic E-state index is -1.80. The number of aromatic nitrogens is 1. The second-order valence-corrected chi connectivity index (χ2v) is 5.33. The maximum absolute atomic E-state index is 14.4. The summed E-state index contributed by atoms with van der Waals surface area (Å²) in [5.74, 6) is -6.87. The molecule has 2 rings (SSSR count). The van der Waals surface area contributed by atoms with Gasteiger partial charge >= 0.3 is 11.9 Å². The molecule has 0 aliphatic heterocycles. The second-order valence-electron chi connectivity index (χ2n) is 5.33. The van der Waals surface area contributed by atoms with Gasteiger partial charge in [-0.05, 0) is 19.4 Å². The van der Waals surface area contributed by atoms with Gasteiger partial charge in [0.15, 0.2) is 17.5 Å². The van der Waals surface area contributed by atoms with Gasteiger partial charge in [-0.15, -0.1) is 0 Å². The molecular weight excluding hydrogens is 355 g/mol. The Labute approximate surface area is 146 Å². The number of rotatable bonds is 5. The Kier molecular flexibility index (Phi) is 5.69. The van der Waals surface area contributed by atoms with E-state index in [0.29, 0.717) is 6.07 Å². The molecule has 1 unspecified atom stereocenters. The molecule has 0 radical (unpaired) electrons. The SMILES string of the molecule is CCOC(=O)c1cn(C(CC)C(=O)OC)c2c(F)c(F)c(F)cc2c1=O. The van der Waals surface area contributed by atoms with Crippen molar-refractivity contribution in [3.8, 4) is 0 Å². The van der Waals surface area contributed by atoms with Crippen LogP contribution in [-0.4, -0.2) is 30.2 Å². The Balaban J connectivity index is 2.98. The number of pyridine rings is 1. The number of hydrogen-bond donors (Lipinski definition) is 0. The molecule has 0 bridgehead atoms. The summed E-state index contributed by atoms with van der Waals surface area (Å²) in [5.41, 5.74) is -2.21. The van der Waals surface area contributed by atoms with Gasteiger partial charge in [0.1, 0.15) is 11.6 Å². The van der Waals surface area contributed by atoms with E-state index in [1.165, 1.54) is 6.92 Å². The maximum Gasteiger partial charge on any atom is 0.343 e. The molecular formula is C17H16F3NO5. The normalized spacial score (nSPS) is 12.1. The van der Waals surface area contributed by atoms with E-state index in [-0.39, 0.29) is 13.0 Å². The molecule has 0 saturated carbocycles. The molecule has 0 amide bonds. The molecule has 1 aromatic carbocycles. The third kappa shape index (κ3) is 3.16. The van der Waals surface area contributed by atoms with Crippen LogP contribution in [-0.2, 0) is 14.3 Å². The molecule has 26 heavy (non-hydrogen) atoms. The highest BCUT2D eigenvalue weighted by molar-refractivity contribution is 5.94. The number of nitrogens with zero attached hydrogens (tertiary/aromatic N) is 1. The lowest BCUT2D eigenvalue weighted by Gasteiger charge is -2.20. The molecule has 2 aromatic rings. The first-order valence-corrected chi connectivity index (χ1v) is 7.75.